The zero-order valence-electron chi connectivity index (χ0n) is 5.53. The number of halogens is 3. The normalized spacial score (nSPS) is 12.9. The summed E-state index contributed by atoms with van der Waals surface area (Å²) in [5.41, 5.74) is 0. The Bertz CT molecular complexity index is 127. The molecule has 0 saturated heterocycles. The molecule has 0 rings (SSSR count). The van der Waals surface area contributed by atoms with Crippen LogP contribution in [0.4, 0.5) is 0 Å². The first-order chi connectivity index (χ1) is 4.31. The summed E-state index contributed by atoms with van der Waals surface area (Å²) in [4.78, 5) is 8.81. The van der Waals surface area contributed by atoms with Crippen LogP contribution in [0.3, 0.4) is 0 Å². The topological polar surface area (TPSA) is 26.3 Å². The molecule has 0 radical (unpaired) electrons. The van der Waals surface area contributed by atoms with Crippen molar-refractivity contribution in [2.24, 2.45) is 0 Å². The van der Waals surface area contributed by atoms with Gasteiger partial charge in [-0.05, 0) is 13.8 Å². The number of hydrogen-bond acceptors (Lipinski definition) is 2. The number of carbonyl (C=O) groups is 1. The highest BCUT2D eigenvalue weighted by atomic mass is 35.5. The van der Waals surface area contributed by atoms with E-state index in [0.717, 1.165) is 0 Å². The number of ether oxygens (including phenoxy) is 1. The Morgan fingerprint density at radius 1 is 1.30 bits per heavy atom. The Labute approximate surface area is 74.4 Å². The Morgan fingerprint density at radius 3 is 1.80 bits per heavy atom. The van der Waals surface area contributed by atoms with Gasteiger partial charge in [-0.1, -0.05) is 23.2 Å². The van der Waals surface area contributed by atoms with Gasteiger partial charge in [0.15, 0.2) is 0 Å². The standard InChI is InChI=1S/C5H7Cl3O2/c1-4(2,6)5(7,8)10-3-9/h3H,1-2H3. The van der Waals surface area contributed by atoms with Crippen LogP contribution in [0.2, 0.25) is 0 Å². The minimum absolute atomic E-state index is 0.157. The van der Waals surface area contributed by atoms with E-state index in [4.69, 9.17) is 34.8 Å². The average Bonchev–Trinajstić information content (AvgIpc) is 1.61. The molecule has 0 spiro atoms. The third-order valence-corrected chi connectivity index (χ3v) is 2.47. The molecular formula is C5H7Cl3O2. The molecule has 0 aliphatic heterocycles. The molecule has 0 unspecified atom stereocenters. The molecule has 0 aliphatic rings. The number of alkyl halides is 3. The van der Waals surface area contributed by atoms with Gasteiger partial charge in [0.25, 0.3) is 11.0 Å². The summed E-state index contributed by atoms with van der Waals surface area (Å²) in [6.07, 6.45) is 0. The van der Waals surface area contributed by atoms with Crippen LogP contribution in [0.15, 0.2) is 0 Å². The summed E-state index contributed by atoms with van der Waals surface area (Å²) >= 11 is 16.6. The third kappa shape index (κ3) is 2.52. The van der Waals surface area contributed by atoms with Crippen molar-refractivity contribution < 1.29 is 9.53 Å². The summed E-state index contributed by atoms with van der Waals surface area (Å²) < 4.78 is 2.64. The fourth-order valence-corrected chi connectivity index (χ4v) is 0.318. The van der Waals surface area contributed by atoms with E-state index in [0.29, 0.717) is 0 Å². The minimum atomic E-state index is -1.67. The maximum absolute atomic E-state index is 9.82. The minimum Gasteiger partial charge on any atom is -0.429 e. The Hall–Kier alpha value is 0.340. The van der Waals surface area contributed by atoms with Gasteiger partial charge in [-0.2, -0.15) is 0 Å². The lowest BCUT2D eigenvalue weighted by Crippen LogP contribution is -2.37. The fourth-order valence-electron chi connectivity index (χ4n) is 0.201. The Balaban J connectivity index is 4.23. The molecule has 0 aromatic rings. The zero-order valence-corrected chi connectivity index (χ0v) is 7.80. The van der Waals surface area contributed by atoms with E-state index < -0.39 is 9.39 Å². The predicted octanol–water partition coefficient (Wildman–Crippen LogP) is 2.31. The highest BCUT2D eigenvalue weighted by Crippen LogP contribution is 2.38. The largest absolute Gasteiger partial charge is 0.429 e. The first-order valence-corrected chi connectivity index (χ1v) is 3.63. The van der Waals surface area contributed by atoms with Crippen molar-refractivity contribution in [3.8, 4) is 0 Å². The highest BCUT2D eigenvalue weighted by molar-refractivity contribution is 6.52. The van der Waals surface area contributed by atoms with Gasteiger partial charge >= 0.3 is 0 Å². The summed E-state index contributed by atoms with van der Waals surface area (Å²) in [5.74, 6) is 0. The quantitative estimate of drug-likeness (QED) is 0.522. The lowest BCUT2D eigenvalue weighted by atomic mass is 10.2. The van der Waals surface area contributed by atoms with Gasteiger partial charge in [0.05, 0.1) is 0 Å². The van der Waals surface area contributed by atoms with Gasteiger partial charge in [0, 0.05) is 0 Å². The Morgan fingerprint density at radius 2 is 1.70 bits per heavy atom. The van der Waals surface area contributed by atoms with Crippen molar-refractivity contribution in [1.82, 2.24) is 0 Å². The van der Waals surface area contributed by atoms with E-state index in [2.05, 4.69) is 4.74 Å². The van der Waals surface area contributed by atoms with E-state index >= 15 is 0 Å². The summed E-state index contributed by atoms with van der Waals surface area (Å²) in [6, 6.07) is 0. The molecule has 5 heteroatoms. The molecule has 0 N–H and O–H groups in total. The lowest BCUT2D eigenvalue weighted by molar-refractivity contribution is -0.133. The molecule has 2 nitrogen and oxygen atoms in total. The molecule has 0 aromatic carbocycles. The van der Waals surface area contributed by atoms with E-state index in [-0.39, 0.29) is 6.47 Å². The summed E-state index contributed by atoms with van der Waals surface area (Å²) in [7, 11) is 0. The van der Waals surface area contributed by atoms with Gasteiger partial charge in [-0.15, -0.1) is 11.6 Å². The van der Waals surface area contributed by atoms with E-state index in [9.17, 15) is 4.79 Å². The van der Waals surface area contributed by atoms with Crippen molar-refractivity contribution in [2.45, 2.75) is 23.2 Å². The highest BCUT2D eigenvalue weighted by Gasteiger charge is 2.42. The first-order valence-electron chi connectivity index (χ1n) is 2.49. The first kappa shape index (κ1) is 10.3. The molecule has 60 valence electrons. The SMILES string of the molecule is CC(C)(Cl)C(Cl)(Cl)OC=O. The summed E-state index contributed by atoms with van der Waals surface area (Å²) in [5, 5.41) is 0. The van der Waals surface area contributed by atoms with Crippen LogP contribution in [0.25, 0.3) is 0 Å². The van der Waals surface area contributed by atoms with Crippen LogP contribution in [0.1, 0.15) is 13.8 Å². The van der Waals surface area contributed by atoms with Crippen LogP contribution < -0.4 is 0 Å². The second kappa shape index (κ2) is 3.16. The molecular weight excluding hydrogens is 198 g/mol. The van der Waals surface area contributed by atoms with Gasteiger partial charge in [-0.25, -0.2) is 0 Å². The Kier molecular flexibility index (Phi) is 3.27. The van der Waals surface area contributed by atoms with Crippen molar-refractivity contribution in [3.63, 3.8) is 0 Å². The van der Waals surface area contributed by atoms with Crippen LogP contribution in [0, 0.1) is 0 Å². The fraction of sp³-hybridized carbons (Fsp3) is 0.800. The van der Waals surface area contributed by atoms with E-state index in [1.165, 1.54) is 13.8 Å². The smallest absolute Gasteiger partial charge is 0.295 e. The predicted molar refractivity (Wildman–Crippen MR) is 41.5 cm³/mol. The monoisotopic (exact) mass is 204 g/mol. The molecule has 0 bridgehead atoms. The van der Waals surface area contributed by atoms with Crippen LogP contribution >= 0.6 is 34.8 Å². The van der Waals surface area contributed by atoms with Crippen molar-refractivity contribution >= 4 is 41.3 Å². The second-order valence-corrected chi connectivity index (χ2v) is 4.41. The average molecular weight is 205 g/mol. The molecule has 0 amide bonds. The molecule has 10 heavy (non-hydrogen) atoms. The molecule has 0 fully saturated rings. The number of carbonyl (C=O) groups excluding carboxylic acids is 1. The van der Waals surface area contributed by atoms with Gasteiger partial charge < -0.3 is 4.74 Å². The molecule has 0 atom stereocenters. The van der Waals surface area contributed by atoms with Gasteiger partial charge in [0.1, 0.15) is 4.87 Å². The number of hydrogen-bond donors (Lipinski definition) is 0. The van der Waals surface area contributed by atoms with Crippen LogP contribution in [-0.4, -0.2) is 15.9 Å². The maximum Gasteiger partial charge on any atom is 0.295 e. The second-order valence-electron chi connectivity index (χ2n) is 2.20. The van der Waals surface area contributed by atoms with Gasteiger partial charge in [-0.3, -0.25) is 4.79 Å². The lowest BCUT2D eigenvalue weighted by Gasteiger charge is -2.28. The zero-order chi connectivity index (χ0) is 8.41. The van der Waals surface area contributed by atoms with E-state index in [1.54, 1.807) is 0 Å². The van der Waals surface area contributed by atoms with E-state index in [1.807, 2.05) is 0 Å². The molecule has 0 aromatic heterocycles. The van der Waals surface area contributed by atoms with Crippen molar-refractivity contribution in [3.05, 3.63) is 0 Å². The van der Waals surface area contributed by atoms with Gasteiger partial charge in [0.2, 0.25) is 0 Å². The third-order valence-electron chi connectivity index (χ3n) is 0.888. The summed E-state index contributed by atoms with van der Waals surface area (Å²) in [6.45, 7) is 3.24. The number of rotatable bonds is 3. The van der Waals surface area contributed by atoms with Crippen LogP contribution in [0.5, 0.6) is 0 Å². The molecule has 0 saturated carbocycles. The molecule has 0 heterocycles. The van der Waals surface area contributed by atoms with Crippen molar-refractivity contribution in [2.75, 3.05) is 0 Å². The van der Waals surface area contributed by atoms with Crippen LogP contribution in [-0.2, 0) is 9.53 Å². The van der Waals surface area contributed by atoms with Crippen molar-refractivity contribution in [1.29, 1.82) is 0 Å². The molecule has 0 aliphatic carbocycles. The maximum atomic E-state index is 9.82.